The van der Waals surface area contributed by atoms with Gasteiger partial charge in [-0.15, -0.1) is 0 Å². The van der Waals surface area contributed by atoms with Gasteiger partial charge >= 0.3 is 0 Å². The monoisotopic (exact) mass is 299 g/mol. The molecule has 1 heterocycles. The summed E-state index contributed by atoms with van der Waals surface area (Å²) >= 11 is 0. The summed E-state index contributed by atoms with van der Waals surface area (Å²) in [7, 11) is 0. The molecule has 1 fully saturated rings. The van der Waals surface area contributed by atoms with E-state index in [0.29, 0.717) is 25.3 Å². The summed E-state index contributed by atoms with van der Waals surface area (Å²) in [5, 5.41) is 15.2. The molecular weight excluding hydrogens is 270 g/mol. The van der Waals surface area contributed by atoms with Gasteiger partial charge in [-0.2, -0.15) is 0 Å². The molecule has 0 aliphatic carbocycles. The van der Waals surface area contributed by atoms with Gasteiger partial charge in [0.1, 0.15) is 5.41 Å². The van der Waals surface area contributed by atoms with Crippen LogP contribution in [0.25, 0.3) is 0 Å². The zero-order valence-electron chi connectivity index (χ0n) is 13.4. The molecule has 0 aromatic rings. The largest absolute Gasteiger partial charge is 0.409 e. The molecule has 21 heavy (non-hydrogen) atoms. The molecule has 1 aliphatic heterocycles. The maximum atomic E-state index is 12.7. The molecule has 2 unspecified atom stereocenters. The van der Waals surface area contributed by atoms with Gasteiger partial charge in [0.05, 0.1) is 6.10 Å². The Labute approximate surface area is 127 Å². The van der Waals surface area contributed by atoms with E-state index in [1.54, 1.807) is 0 Å². The zero-order valence-corrected chi connectivity index (χ0v) is 13.4. The lowest BCUT2D eigenvalue weighted by Crippen LogP contribution is -2.51. The van der Waals surface area contributed by atoms with Crippen molar-refractivity contribution in [2.24, 2.45) is 22.2 Å². The molecule has 1 aliphatic rings. The number of oxime groups is 1. The molecule has 6 heteroatoms. The van der Waals surface area contributed by atoms with E-state index in [0.717, 1.165) is 25.9 Å². The van der Waals surface area contributed by atoms with Crippen LogP contribution in [0.2, 0.25) is 0 Å². The van der Waals surface area contributed by atoms with E-state index < -0.39 is 5.41 Å². The number of hydrogen-bond donors (Lipinski definition) is 3. The average Bonchev–Trinajstić information content (AvgIpc) is 2.88. The molecule has 0 saturated carbocycles. The molecule has 0 aromatic heterocycles. The molecule has 2 atom stereocenters. The molecule has 1 amide bonds. The van der Waals surface area contributed by atoms with Crippen molar-refractivity contribution in [3.05, 3.63) is 0 Å². The first-order valence-electron chi connectivity index (χ1n) is 7.89. The summed E-state index contributed by atoms with van der Waals surface area (Å²) in [5.41, 5.74) is 4.95. The van der Waals surface area contributed by atoms with E-state index in [-0.39, 0.29) is 17.8 Å². The number of nitrogens with zero attached hydrogens (tertiary/aromatic N) is 1. The molecular formula is C15H29N3O3. The minimum Gasteiger partial charge on any atom is -0.409 e. The first-order chi connectivity index (χ1) is 10.0. The van der Waals surface area contributed by atoms with Crippen molar-refractivity contribution < 1.29 is 14.7 Å². The van der Waals surface area contributed by atoms with E-state index in [9.17, 15) is 4.79 Å². The summed E-state index contributed by atoms with van der Waals surface area (Å²) in [4.78, 5) is 12.7. The quantitative estimate of drug-likeness (QED) is 0.276. The minimum absolute atomic E-state index is 0.0134. The topological polar surface area (TPSA) is 96.9 Å². The van der Waals surface area contributed by atoms with Crippen LogP contribution >= 0.6 is 0 Å². The number of hydrogen-bond acceptors (Lipinski definition) is 4. The molecule has 0 spiro atoms. The first kappa shape index (κ1) is 17.8. The Bertz CT molecular complexity index is 365. The molecule has 1 rings (SSSR count). The number of nitrogens with two attached hydrogens (primary N) is 1. The SMILES string of the molecule is CCCC(CCC)(C(=O)NCC1CCOC1C)C(N)=NO. The molecule has 0 bridgehead atoms. The minimum atomic E-state index is -0.902. The molecule has 0 aromatic carbocycles. The number of amides is 1. The number of rotatable bonds is 8. The second-order valence-corrected chi connectivity index (χ2v) is 5.90. The fourth-order valence-corrected chi connectivity index (χ4v) is 3.11. The predicted molar refractivity (Wildman–Crippen MR) is 82.2 cm³/mol. The molecule has 122 valence electrons. The van der Waals surface area contributed by atoms with Crippen molar-refractivity contribution in [2.45, 2.75) is 59.0 Å². The first-order valence-corrected chi connectivity index (χ1v) is 7.89. The van der Waals surface area contributed by atoms with E-state index in [1.165, 1.54) is 0 Å². The van der Waals surface area contributed by atoms with Crippen LogP contribution in [0.15, 0.2) is 5.16 Å². The van der Waals surface area contributed by atoms with Gasteiger partial charge in [-0.25, -0.2) is 0 Å². The van der Waals surface area contributed by atoms with Crippen molar-refractivity contribution in [3.8, 4) is 0 Å². The molecule has 4 N–H and O–H groups in total. The second kappa shape index (κ2) is 8.22. The number of ether oxygens (including phenoxy) is 1. The summed E-state index contributed by atoms with van der Waals surface area (Å²) in [6.45, 7) is 7.34. The maximum absolute atomic E-state index is 12.7. The highest BCUT2D eigenvalue weighted by molar-refractivity contribution is 6.06. The number of carbonyl (C=O) groups excluding carboxylic acids is 1. The van der Waals surface area contributed by atoms with Crippen LogP contribution in [-0.2, 0) is 9.53 Å². The van der Waals surface area contributed by atoms with Crippen molar-refractivity contribution in [1.29, 1.82) is 0 Å². The Balaban J connectivity index is 2.78. The molecule has 6 nitrogen and oxygen atoms in total. The molecule has 0 radical (unpaired) electrons. The van der Waals surface area contributed by atoms with Crippen molar-refractivity contribution in [1.82, 2.24) is 5.32 Å². The number of nitrogens with one attached hydrogen (secondary N) is 1. The third-order valence-corrected chi connectivity index (χ3v) is 4.44. The highest BCUT2D eigenvalue weighted by atomic mass is 16.5. The second-order valence-electron chi connectivity index (χ2n) is 5.90. The third kappa shape index (κ3) is 4.09. The van der Waals surface area contributed by atoms with Crippen LogP contribution in [0.1, 0.15) is 52.9 Å². The fraction of sp³-hybridized carbons (Fsp3) is 0.867. The Kier molecular flexibility index (Phi) is 6.95. The van der Waals surface area contributed by atoms with E-state index >= 15 is 0 Å². The van der Waals surface area contributed by atoms with Gasteiger partial charge < -0.3 is 21.0 Å². The van der Waals surface area contributed by atoms with Gasteiger partial charge in [-0.05, 0) is 26.2 Å². The van der Waals surface area contributed by atoms with Gasteiger partial charge in [-0.3, -0.25) is 4.79 Å². The van der Waals surface area contributed by atoms with Gasteiger partial charge in [0.2, 0.25) is 5.91 Å². The summed E-state index contributed by atoms with van der Waals surface area (Å²) in [5.74, 6) is 0.210. The van der Waals surface area contributed by atoms with E-state index in [2.05, 4.69) is 10.5 Å². The van der Waals surface area contributed by atoms with Crippen molar-refractivity contribution in [3.63, 3.8) is 0 Å². The Hall–Kier alpha value is -1.30. The lowest BCUT2D eigenvalue weighted by molar-refractivity contribution is -0.128. The number of amidine groups is 1. The maximum Gasteiger partial charge on any atom is 0.233 e. The number of carbonyl (C=O) groups is 1. The van der Waals surface area contributed by atoms with Crippen molar-refractivity contribution in [2.75, 3.05) is 13.2 Å². The Morgan fingerprint density at radius 1 is 1.43 bits per heavy atom. The van der Waals surface area contributed by atoms with Gasteiger partial charge in [0.15, 0.2) is 5.84 Å². The van der Waals surface area contributed by atoms with Crippen LogP contribution in [0, 0.1) is 11.3 Å². The zero-order chi connectivity index (χ0) is 15.9. The highest BCUT2D eigenvalue weighted by Crippen LogP contribution is 2.31. The Morgan fingerprint density at radius 2 is 2.05 bits per heavy atom. The predicted octanol–water partition coefficient (Wildman–Crippen LogP) is 1.86. The fourth-order valence-electron chi connectivity index (χ4n) is 3.11. The summed E-state index contributed by atoms with van der Waals surface area (Å²) in [6, 6.07) is 0. The summed E-state index contributed by atoms with van der Waals surface area (Å²) in [6.07, 6.45) is 3.89. The average molecular weight is 299 g/mol. The molecule has 1 saturated heterocycles. The normalized spacial score (nSPS) is 23.3. The van der Waals surface area contributed by atoms with Crippen LogP contribution in [-0.4, -0.2) is 36.2 Å². The smallest absolute Gasteiger partial charge is 0.233 e. The summed E-state index contributed by atoms with van der Waals surface area (Å²) < 4.78 is 5.51. The van der Waals surface area contributed by atoms with E-state index in [1.807, 2.05) is 20.8 Å². The van der Waals surface area contributed by atoms with Gasteiger partial charge in [0.25, 0.3) is 0 Å². The third-order valence-electron chi connectivity index (χ3n) is 4.44. The van der Waals surface area contributed by atoms with Crippen LogP contribution in [0.3, 0.4) is 0 Å². The van der Waals surface area contributed by atoms with Crippen LogP contribution in [0.5, 0.6) is 0 Å². The van der Waals surface area contributed by atoms with Gasteiger partial charge in [-0.1, -0.05) is 31.8 Å². The van der Waals surface area contributed by atoms with Crippen LogP contribution < -0.4 is 11.1 Å². The van der Waals surface area contributed by atoms with E-state index in [4.69, 9.17) is 15.7 Å². The standard InChI is InChI=1S/C15H29N3O3/c1-4-7-15(8-5-2,13(16)18-20)14(19)17-10-12-6-9-21-11(12)3/h11-12,20H,4-10H2,1-3H3,(H2,16,18)(H,17,19). The Morgan fingerprint density at radius 3 is 2.48 bits per heavy atom. The van der Waals surface area contributed by atoms with Crippen molar-refractivity contribution >= 4 is 11.7 Å². The lowest BCUT2D eigenvalue weighted by Gasteiger charge is -2.31. The lowest BCUT2D eigenvalue weighted by atomic mass is 9.77. The van der Waals surface area contributed by atoms with Crippen LogP contribution in [0.4, 0.5) is 0 Å². The van der Waals surface area contributed by atoms with Gasteiger partial charge in [0, 0.05) is 19.1 Å². The highest BCUT2D eigenvalue weighted by Gasteiger charge is 2.41.